The van der Waals surface area contributed by atoms with Crippen LogP contribution in [0.2, 0.25) is 0 Å². The molecule has 2 amide bonds. The van der Waals surface area contributed by atoms with E-state index in [9.17, 15) is 18.0 Å². The Morgan fingerprint density at radius 2 is 1.59 bits per heavy atom. The molecule has 3 N–H and O–H groups in total. The first-order valence-electron chi connectivity index (χ1n) is 8.65. The minimum absolute atomic E-state index is 0.0207. The van der Waals surface area contributed by atoms with E-state index in [1.165, 1.54) is 24.3 Å². The second-order valence-electron chi connectivity index (χ2n) is 6.36. The number of hydrogen-bond acceptors (Lipinski definition) is 4. The summed E-state index contributed by atoms with van der Waals surface area (Å²) in [6, 6.07) is 15.1. The van der Waals surface area contributed by atoms with Crippen molar-refractivity contribution in [2.24, 2.45) is 0 Å². The molecule has 0 atom stereocenters. The van der Waals surface area contributed by atoms with Crippen LogP contribution in [0.4, 0.5) is 0 Å². The largest absolute Gasteiger partial charge is 0.350 e. The Hall–Kier alpha value is -2.71. The van der Waals surface area contributed by atoms with Gasteiger partial charge in [0.05, 0.1) is 11.4 Å². The summed E-state index contributed by atoms with van der Waals surface area (Å²) in [4.78, 5) is 24.1. The Balaban J connectivity index is 1.48. The molecule has 0 saturated heterocycles. The molecule has 3 rings (SSSR count). The zero-order chi connectivity index (χ0) is 19.3. The molecule has 0 radical (unpaired) electrons. The van der Waals surface area contributed by atoms with Crippen LogP contribution in [-0.4, -0.2) is 32.8 Å². The fourth-order valence-electron chi connectivity index (χ4n) is 2.40. The van der Waals surface area contributed by atoms with Crippen LogP contribution >= 0.6 is 0 Å². The van der Waals surface area contributed by atoms with Gasteiger partial charge in [-0.15, -0.1) is 0 Å². The lowest BCUT2D eigenvalue weighted by Gasteiger charge is -2.08. The molecule has 2 aromatic carbocycles. The first-order valence-corrected chi connectivity index (χ1v) is 10.1. The number of hydrogen-bond donors (Lipinski definition) is 3. The highest BCUT2D eigenvalue weighted by atomic mass is 32.2. The Morgan fingerprint density at radius 3 is 2.22 bits per heavy atom. The maximum atomic E-state index is 12.1. The van der Waals surface area contributed by atoms with Gasteiger partial charge in [-0.1, -0.05) is 30.3 Å². The zero-order valence-corrected chi connectivity index (χ0v) is 15.5. The van der Waals surface area contributed by atoms with E-state index >= 15 is 0 Å². The van der Waals surface area contributed by atoms with Gasteiger partial charge in [0.1, 0.15) is 0 Å². The van der Waals surface area contributed by atoms with Crippen molar-refractivity contribution in [3.8, 4) is 0 Å². The van der Waals surface area contributed by atoms with E-state index in [-0.39, 0.29) is 29.0 Å². The molecule has 142 valence electrons. The summed E-state index contributed by atoms with van der Waals surface area (Å²) < 4.78 is 26.8. The summed E-state index contributed by atoms with van der Waals surface area (Å²) in [5, 5.41) is 5.24. The van der Waals surface area contributed by atoms with Crippen LogP contribution in [0, 0.1) is 0 Å². The van der Waals surface area contributed by atoms with Gasteiger partial charge in [0.25, 0.3) is 5.91 Å². The molecule has 1 saturated carbocycles. The van der Waals surface area contributed by atoms with E-state index in [1.54, 1.807) is 0 Å². The average molecular weight is 387 g/mol. The first-order chi connectivity index (χ1) is 12.9. The summed E-state index contributed by atoms with van der Waals surface area (Å²) in [5.74, 6) is -0.746. The summed E-state index contributed by atoms with van der Waals surface area (Å²) >= 11 is 0. The van der Waals surface area contributed by atoms with Crippen molar-refractivity contribution in [2.45, 2.75) is 30.3 Å². The number of benzene rings is 2. The van der Waals surface area contributed by atoms with Gasteiger partial charge in [-0.3, -0.25) is 9.59 Å². The summed E-state index contributed by atoms with van der Waals surface area (Å²) in [6.07, 6.45) is 1.71. The molecule has 0 bridgehead atoms. The first kappa shape index (κ1) is 19.1. The Bertz CT molecular complexity index is 908. The molecule has 2 aromatic rings. The number of carbonyl (C=O) groups is 2. The van der Waals surface area contributed by atoms with Crippen LogP contribution in [0.3, 0.4) is 0 Å². The predicted octanol–water partition coefficient (Wildman–Crippen LogP) is 1.17. The highest BCUT2D eigenvalue weighted by Gasteiger charge is 2.27. The molecule has 0 aliphatic heterocycles. The van der Waals surface area contributed by atoms with E-state index in [1.807, 2.05) is 30.3 Å². The van der Waals surface area contributed by atoms with E-state index in [0.717, 1.165) is 18.4 Å². The molecule has 1 fully saturated rings. The van der Waals surface area contributed by atoms with Crippen molar-refractivity contribution in [1.82, 2.24) is 15.4 Å². The standard InChI is InChI=1S/C19H21N3O4S/c23-18(20-12-14-4-2-1-3-5-14)13-21-19(24)15-6-10-17(11-7-15)27(25,26)22-16-8-9-16/h1-7,10-11,16,22H,8-9,12-13H2,(H,20,23)(H,21,24). The minimum atomic E-state index is -3.54. The molecule has 7 nitrogen and oxygen atoms in total. The van der Waals surface area contributed by atoms with Crippen molar-refractivity contribution >= 4 is 21.8 Å². The molecule has 8 heteroatoms. The van der Waals surface area contributed by atoms with Crippen molar-refractivity contribution < 1.29 is 18.0 Å². The summed E-state index contributed by atoms with van der Waals surface area (Å²) in [6.45, 7) is 0.227. The molecule has 1 aliphatic rings. The van der Waals surface area contributed by atoms with Crippen molar-refractivity contribution in [2.75, 3.05) is 6.54 Å². The van der Waals surface area contributed by atoms with Gasteiger partial charge >= 0.3 is 0 Å². The highest BCUT2D eigenvalue weighted by Crippen LogP contribution is 2.22. The Kier molecular flexibility index (Phi) is 5.88. The highest BCUT2D eigenvalue weighted by molar-refractivity contribution is 7.89. The van der Waals surface area contributed by atoms with Crippen LogP contribution < -0.4 is 15.4 Å². The van der Waals surface area contributed by atoms with Crippen LogP contribution in [-0.2, 0) is 21.4 Å². The number of carbonyl (C=O) groups excluding carboxylic acids is 2. The third kappa shape index (κ3) is 5.63. The van der Waals surface area contributed by atoms with Gasteiger partial charge in [-0.05, 0) is 42.7 Å². The van der Waals surface area contributed by atoms with E-state index in [4.69, 9.17) is 0 Å². The molecular formula is C19H21N3O4S. The fraction of sp³-hybridized carbons (Fsp3) is 0.263. The summed E-state index contributed by atoms with van der Waals surface area (Å²) in [5.41, 5.74) is 1.25. The van der Waals surface area contributed by atoms with Gasteiger partial charge in [-0.25, -0.2) is 13.1 Å². The van der Waals surface area contributed by atoms with E-state index in [0.29, 0.717) is 6.54 Å². The van der Waals surface area contributed by atoms with E-state index in [2.05, 4.69) is 15.4 Å². The Labute approximate surface area is 158 Å². The Morgan fingerprint density at radius 1 is 0.926 bits per heavy atom. The van der Waals surface area contributed by atoms with Crippen molar-refractivity contribution in [3.63, 3.8) is 0 Å². The fourth-order valence-corrected chi connectivity index (χ4v) is 3.70. The lowest BCUT2D eigenvalue weighted by Crippen LogP contribution is -2.36. The molecule has 27 heavy (non-hydrogen) atoms. The maximum Gasteiger partial charge on any atom is 0.251 e. The lowest BCUT2D eigenvalue weighted by molar-refractivity contribution is -0.120. The number of sulfonamides is 1. The second kappa shape index (κ2) is 8.32. The van der Waals surface area contributed by atoms with Gasteiger partial charge < -0.3 is 10.6 Å². The molecule has 1 aliphatic carbocycles. The maximum absolute atomic E-state index is 12.1. The topological polar surface area (TPSA) is 104 Å². The monoisotopic (exact) mass is 387 g/mol. The van der Waals surface area contributed by atoms with Crippen LogP contribution in [0.1, 0.15) is 28.8 Å². The molecular weight excluding hydrogens is 366 g/mol. The third-order valence-electron chi connectivity index (χ3n) is 4.07. The molecule has 0 heterocycles. The van der Waals surface area contributed by atoms with E-state index < -0.39 is 15.9 Å². The quantitative estimate of drug-likeness (QED) is 0.632. The smallest absolute Gasteiger partial charge is 0.251 e. The number of amides is 2. The minimum Gasteiger partial charge on any atom is -0.350 e. The van der Waals surface area contributed by atoms with Crippen LogP contribution in [0.25, 0.3) is 0 Å². The normalized spacial score (nSPS) is 13.8. The van der Waals surface area contributed by atoms with Gasteiger partial charge in [-0.2, -0.15) is 0 Å². The molecule has 0 aromatic heterocycles. The SMILES string of the molecule is O=C(CNC(=O)c1ccc(S(=O)(=O)NC2CC2)cc1)NCc1ccccc1. The second-order valence-corrected chi connectivity index (χ2v) is 8.08. The number of nitrogens with one attached hydrogen (secondary N) is 3. The molecule has 0 unspecified atom stereocenters. The molecule has 0 spiro atoms. The third-order valence-corrected chi connectivity index (χ3v) is 5.60. The predicted molar refractivity (Wildman–Crippen MR) is 100 cm³/mol. The lowest BCUT2D eigenvalue weighted by atomic mass is 10.2. The van der Waals surface area contributed by atoms with Crippen LogP contribution in [0.15, 0.2) is 59.5 Å². The van der Waals surface area contributed by atoms with Crippen molar-refractivity contribution in [3.05, 3.63) is 65.7 Å². The van der Waals surface area contributed by atoms with Crippen molar-refractivity contribution in [1.29, 1.82) is 0 Å². The number of rotatable bonds is 8. The zero-order valence-electron chi connectivity index (χ0n) is 14.6. The van der Waals surface area contributed by atoms with Gasteiger partial charge in [0, 0.05) is 18.2 Å². The van der Waals surface area contributed by atoms with Crippen LogP contribution in [0.5, 0.6) is 0 Å². The summed E-state index contributed by atoms with van der Waals surface area (Å²) in [7, 11) is -3.54. The van der Waals surface area contributed by atoms with Gasteiger partial charge in [0.2, 0.25) is 15.9 Å². The van der Waals surface area contributed by atoms with Gasteiger partial charge in [0.15, 0.2) is 0 Å². The average Bonchev–Trinajstić information content (AvgIpc) is 3.48.